The number of hydrogen-bond acceptors (Lipinski definition) is 5. The van der Waals surface area contributed by atoms with Crippen LogP contribution in [0.1, 0.15) is 25.0 Å². The molecule has 29 heavy (non-hydrogen) atoms. The highest BCUT2D eigenvalue weighted by Gasteiger charge is 2.39. The van der Waals surface area contributed by atoms with E-state index in [9.17, 15) is 9.59 Å². The van der Waals surface area contributed by atoms with Gasteiger partial charge in [0.15, 0.2) is 0 Å². The van der Waals surface area contributed by atoms with E-state index in [0.29, 0.717) is 17.8 Å². The third-order valence-corrected chi connectivity index (χ3v) is 5.37. The van der Waals surface area contributed by atoms with Crippen molar-refractivity contribution in [3.63, 3.8) is 0 Å². The van der Waals surface area contributed by atoms with Gasteiger partial charge in [-0.1, -0.05) is 28.1 Å². The third kappa shape index (κ3) is 4.27. The number of carbonyl (C=O) groups is 1. The molecule has 5 nitrogen and oxygen atoms in total. The Balaban J connectivity index is 1.55. The molecule has 2 heterocycles. The second-order valence-electron chi connectivity index (χ2n) is 7.48. The monoisotopic (exact) mass is 454 g/mol. The summed E-state index contributed by atoms with van der Waals surface area (Å²) in [7, 11) is 0. The molecule has 0 N–H and O–H groups in total. The van der Waals surface area contributed by atoms with Gasteiger partial charge in [0.05, 0.1) is 0 Å². The van der Waals surface area contributed by atoms with Crippen LogP contribution in [0.25, 0.3) is 17.0 Å². The molecule has 3 aromatic rings. The summed E-state index contributed by atoms with van der Waals surface area (Å²) in [5.74, 6) is 0.204. The summed E-state index contributed by atoms with van der Waals surface area (Å²) in [4.78, 5) is 23.9. The van der Waals surface area contributed by atoms with Gasteiger partial charge < -0.3 is 13.9 Å². The maximum Gasteiger partial charge on any atom is 0.336 e. The van der Waals surface area contributed by atoms with Gasteiger partial charge in [0.1, 0.15) is 23.0 Å². The van der Waals surface area contributed by atoms with Crippen molar-refractivity contribution in [2.24, 2.45) is 0 Å². The van der Waals surface area contributed by atoms with Crippen LogP contribution in [0.4, 0.5) is 0 Å². The maximum atomic E-state index is 12.4. The largest absolute Gasteiger partial charge is 0.484 e. The van der Waals surface area contributed by atoms with E-state index < -0.39 is 23.3 Å². The molecule has 0 saturated carbocycles. The van der Waals surface area contributed by atoms with E-state index in [1.807, 2.05) is 44.2 Å². The number of fused-ring (bicyclic) bond motifs is 2. The van der Waals surface area contributed by atoms with Gasteiger partial charge >= 0.3 is 11.6 Å². The SMILES string of the molecule is CC1(C)Oc2cc3oc(=O)ccc3cc2C[C@@H]1OC(=O)/C=C/c1cccc(Br)c1. The van der Waals surface area contributed by atoms with Gasteiger partial charge in [-0.2, -0.15) is 0 Å². The van der Waals surface area contributed by atoms with Gasteiger partial charge in [-0.3, -0.25) is 0 Å². The first kappa shape index (κ1) is 19.5. The summed E-state index contributed by atoms with van der Waals surface area (Å²) < 4.78 is 18.0. The molecule has 0 spiro atoms. The second-order valence-corrected chi connectivity index (χ2v) is 8.39. The summed E-state index contributed by atoms with van der Waals surface area (Å²) >= 11 is 3.41. The first-order chi connectivity index (χ1) is 13.8. The zero-order valence-corrected chi connectivity index (χ0v) is 17.6. The number of esters is 1. The van der Waals surface area contributed by atoms with Crippen LogP contribution in [0.5, 0.6) is 5.75 Å². The Morgan fingerprint density at radius 2 is 2.03 bits per heavy atom. The molecule has 0 saturated heterocycles. The fourth-order valence-electron chi connectivity index (χ4n) is 3.33. The van der Waals surface area contributed by atoms with Gasteiger partial charge in [0.25, 0.3) is 0 Å². The normalized spacial score (nSPS) is 17.7. The van der Waals surface area contributed by atoms with Crippen LogP contribution in [0.3, 0.4) is 0 Å². The fraction of sp³-hybridized carbons (Fsp3) is 0.217. The van der Waals surface area contributed by atoms with Gasteiger partial charge in [-0.05, 0) is 55.3 Å². The lowest BCUT2D eigenvalue weighted by Gasteiger charge is -2.39. The predicted octanol–water partition coefficient (Wildman–Crippen LogP) is 4.89. The molecular weight excluding hydrogens is 436 g/mol. The molecular formula is C23H19BrO5. The lowest BCUT2D eigenvalue weighted by molar-refractivity contribution is -0.155. The van der Waals surface area contributed by atoms with Crippen LogP contribution < -0.4 is 10.4 Å². The molecule has 0 bridgehead atoms. The van der Waals surface area contributed by atoms with Crippen molar-refractivity contribution < 1.29 is 18.7 Å². The molecule has 0 unspecified atom stereocenters. The maximum absolute atomic E-state index is 12.4. The van der Waals surface area contributed by atoms with Crippen molar-refractivity contribution in [3.8, 4) is 5.75 Å². The van der Waals surface area contributed by atoms with Crippen molar-refractivity contribution in [1.29, 1.82) is 0 Å². The van der Waals surface area contributed by atoms with Gasteiger partial charge in [0, 0.05) is 34.5 Å². The minimum atomic E-state index is -0.727. The quantitative estimate of drug-likeness (QED) is 0.320. The molecule has 2 aromatic carbocycles. The molecule has 1 aliphatic heterocycles. The number of benzene rings is 2. The minimum Gasteiger partial charge on any atom is -0.484 e. The van der Waals surface area contributed by atoms with E-state index in [0.717, 1.165) is 21.0 Å². The lowest BCUT2D eigenvalue weighted by Crippen LogP contribution is -2.48. The number of ether oxygens (including phenoxy) is 2. The average Bonchev–Trinajstić information content (AvgIpc) is 2.65. The number of hydrogen-bond donors (Lipinski definition) is 0. The molecule has 4 rings (SSSR count). The van der Waals surface area contributed by atoms with Crippen LogP contribution in [-0.4, -0.2) is 17.7 Å². The van der Waals surface area contributed by atoms with E-state index in [1.165, 1.54) is 12.1 Å². The van der Waals surface area contributed by atoms with Crippen molar-refractivity contribution in [2.75, 3.05) is 0 Å². The summed E-state index contributed by atoms with van der Waals surface area (Å²) in [6.45, 7) is 3.74. The first-order valence-electron chi connectivity index (χ1n) is 9.20. The fourth-order valence-corrected chi connectivity index (χ4v) is 3.75. The molecule has 148 valence electrons. The van der Waals surface area contributed by atoms with Crippen LogP contribution in [0.15, 0.2) is 68.3 Å². The summed E-state index contributed by atoms with van der Waals surface area (Å²) in [6.07, 6.45) is 3.19. The number of rotatable bonds is 3. The smallest absolute Gasteiger partial charge is 0.336 e. The molecule has 1 aromatic heterocycles. The van der Waals surface area contributed by atoms with Crippen LogP contribution in [-0.2, 0) is 16.0 Å². The summed E-state index contributed by atoms with van der Waals surface area (Å²) in [5.41, 5.74) is 1.14. The minimum absolute atomic E-state index is 0.406. The highest BCUT2D eigenvalue weighted by Crippen LogP contribution is 2.37. The van der Waals surface area contributed by atoms with Crippen molar-refractivity contribution in [1.82, 2.24) is 0 Å². The summed E-state index contributed by atoms with van der Waals surface area (Å²) in [5, 5.41) is 0.797. The molecule has 1 atom stereocenters. The van der Waals surface area contributed by atoms with Gasteiger partial charge in [-0.15, -0.1) is 0 Å². The molecule has 1 aliphatic rings. The Kier molecular flexibility index (Phi) is 5.04. The summed E-state index contributed by atoms with van der Waals surface area (Å²) in [6, 6.07) is 14.4. The molecule has 6 heteroatoms. The second kappa shape index (κ2) is 7.52. The highest BCUT2D eigenvalue weighted by atomic mass is 79.9. The first-order valence-corrected chi connectivity index (χ1v) is 9.99. The van der Waals surface area contributed by atoms with E-state index in [2.05, 4.69) is 15.9 Å². The third-order valence-electron chi connectivity index (χ3n) is 4.88. The highest BCUT2D eigenvalue weighted by molar-refractivity contribution is 9.10. The zero-order valence-electron chi connectivity index (χ0n) is 16.0. The van der Waals surface area contributed by atoms with Crippen molar-refractivity contribution in [2.45, 2.75) is 32.0 Å². The molecule has 0 radical (unpaired) electrons. The van der Waals surface area contributed by atoms with E-state index in [1.54, 1.807) is 18.2 Å². The van der Waals surface area contributed by atoms with E-state index >= 15 is 0 Å². The number of halogens is 1. The molecule has 0 aliphatic carbocycles. The number of carbonyl (C=O) groups excluding carboxylic acids is 1. The Labute approximate surface area is 176 Å². The lowest BCUT2D eigenvalue weighted by atomic mass is 9.90. The predicted molar refractivity (Wildman–Crippen MR) is 114 cm³/mol. The van der Waals surface area contributed by atoms with E-state index in [4.69, 9.17) is 13.9 Å². The molecule has 0 amide bonds. The van der Waals surface area contributed by atoms with Gasteiger partial charge in [-0.25, -0.2) is 9.59 Å². The van der Waals surface area contributed by atoms with Crippen molar-refractivity contribution >= 4 is 38.9 Å². The Morgan fingerprint density at radius 1 is 1.21 bits per heavy atom. The average molecular weight is 455 g/mol. The van der Waals surface area contributed by atoms with E-state index in [-0.39, 0.29) is 0 Å². The standard InChI is InChI=1S/C23H19BrO5/c1-23(2)20(28-22(26)8-6-14-4-3-5-17(24)10-14)12-16-11-15-7-9-21(25)27-18(15)13-19(16)29-23/h3-11,13,20H,12H2,1-2H3/b8-6+/t20-/m0/s1. The van der Waals surface area contributed by atoms with Crippen LogP contribution in [0, 0.1) is 0 Å². The Morgan fingerprint density at radius 3 is 2.83 bits per heavy atom. The topological polar surface area (TPSA) is 65.7 Å². The Bertz CT molecular complexity index is 1180. The van der Waals surface area contributed by atoms with Crippen LogP contribution >= 0.6 is 15.9 Å². The molecule has 0 fully saturated rings. The zero-order chi connectivity index (χ0) is 20.6. The van der Waals surface area contributed by atoms with Crippen molar-refractivity contribution in [3.05, 3.63) is 80.6 Å². The Hall–Kier alpha value is -2.86. The van der Waals surface area contributed by atoms with Crippen LogP contribution in [0.2, 0.25) is 0 Å². The van der Waals surface area contributed by atoms with Gasteiger partial charge in [0.2, 0.25) is 0 Å².